The third kappa shape index (κ3) is 3.91. The molecular weight excluding hydrogens is 362 g/mol. The van der Waals surface area contributed by atoms with E-state index in [1.54, 1.807) is 11.8 Å². The van der Waals surface area contributed by atoms with E-state index in [1.165, 1.54) is 0 Å². The van der Waals surface area contributed by atoms with Gasteiger partial charge in [-0.05, 0) is 36.4 Å². The molecule has 0 saturated carbocycles. The Kier molecular flexibility index (Phi) is 5.51. The third-order valence-corrected chi connectivity index (χ3v) is 6.57. The molecule has 0 N–H and O–H groups in total. The number of aromatic nitrogens is 2. The first-order valence-electron chi connectivity index (χ1n) is 8.83. The van der Waals surface area contributed by atoms with E-state index in [9.17, 15) is 4.79 Å². The fourth-order valence-corrected chi connectivity index (χ4v) is 4.91. The number of fused-ring (bicyclic) bond motifs is 1. The number of pyridine rings is 1. The predicted molar refractivity (Wildman–Crippen MR) is 109 cm³/mol. The Bertz CT molecular complexity index is 868. The van der Waals surface area contributed by atoms with Crippen LogP contribution in [0.1, 0.15) is 22.5 Å². The zero-order chi connectivity index (χ0) is 17.8. The number of carbonyl (C=O) groups is 1. The average molecular weight is 384 g/mol. The highest BCUT2D eigenvalue weighted by atomic mass is 32.2. The summed E-state index contributed by atoms with van der Waals surface area (Å²) in [6, 6.07) is 13.9. The molecule has 2 aromatic heterocycles. The predicted octanol–water partition coefficient (Wildman–Crippen LogP) is 4.21. The van der Waals surface area contributed by atoms with Crippen molar-refractivity contribution in [3.8, 4) is 0 Å². The van der Waals surface area contributed by atoms with Crippen molar-refractivity contribution in [2.24, 2.45) is 0 Å². The maximum absolute atomic E-state index is 13.0. The summed E-state index contributed by atoms with van der Waals surface area (Å²) in [4.78, 5) is 20.7. The topological polar surface area (TPSA) is 37.6 Å². The zero-order valence-electron chi connectivity index (χ0n) is 14.5. The largest absolute Gasteiger partial charge is 0.338 e. The number of nitrogens with zero attached hydrogens (tertiary/aromatic N) is 3. The smallest absolute Gasteiger partial charge is 0.255 e. The second-order valence-corrected chi connectivity index (χ2v) is 8.48. The van der Waals surface area contributed by atoms with E-state index in [1.807, 2.05) is 69.7 Å². The van der Waals surface area contributed by atoms with Crippen LogP contribution in [0.3, 0.4) is 0 Å². The van der Waals surface area contributed by atoms with Gasteiger partial charge in [0.25, 0.3) is 5.91 Å². The van der Waals surface area contributed by atoms with Crippen LogP contribution in [-0.4, -0.2) is 44.8 Å². The number of amides is 1. The molecule has 1 aliphatic rings. The molecule has 1 fully saturated rings. The number of thioether (sulfide) groups is 2. The lowest BCUT2D eigenvalue weighted by Gasteiger charge is -2.21. The summed E-state index contributed by atoms with van der Waals surface area (Å²) in [5, 5.41) is 0. The van der Waals surface area contributed by atoms with Crippen LogP contribution in [0.15, 0.2) is 59.8 Å². The maximum Gasteiger partial charge on any atom is 0.255 e. The Morgan fingerprint density at radius 3 is 2.92 bits per heavy atom. The molecule has 134 valence electrons. The first-order valence-corrected chi connectivity index (χ1v) is 11.0. The van der Waals surface area contributed by atoms with Gasteiger partial charge in [-0.2, -0.15) is 11.8 Å². The minimum absolute atomic E-state index is 0.158. The van der Waals surface area contributed by atoms with Gasteiger partial charge in [0.1, 0.15) is 5.65 Å². The quantitative estimate of drug-likeness (QED) is 0.633. The molecule has 0 aliphatic carbocycles. The molecule has 26 heavy (non-hydrogen) atoms. The Labute approximate surface area is 162 Å². The Hall–Kier alpha value is -1.92. The lowest BCUT2D eigenvalue weighted by atomic mass is 10.2. The number of imidazole rings is 1. The molecule has 1 aliphatic heterocycles. The first-order chi connectivity index (χ1) is 12.8. The van der Waals surface area contributed by atoms with Crippen molar-refractivity contribution in [1.29, 1.82) is 0 Å². The van der Waals surface area contributed by atoms with Gasteiger partial charge in [0.15, 0.2) is 0 Å². The number of rotatable bonds is 4. The normalized spacial score (nSPS) is 15.2. The van der Waals surface area contributed by atoms with Crippen molar-refractivity contribution in [3.63, 3.8) is 0 Å². The van der Waals surface area contributed by atoms with E-state index in [0.717, 1.165) is 58.6 Å². The maximum atomic E-state index is 13.0. The number of hydrogen-bond donors (Lipinski definition) is 0. The van der Waals surface area contributed by atoms with Crippen molar-refractivity contribution >= 4 is 35.1 Å². The SMILES string of the molecule is O=C(c1ccccc1SCc1cn2ccccc2n1)N1CCCSCC1. The first kappa shape index (κ1) is 17.5. The lowest BCUT2D eigenvalue weighted by molar-refractivity contribution is 0.0765. The number of benzene rings is 1. The van der Waals surface area contributed by atoms with Gasteiger partial charge in [-0.3, -0.25) is 4.79 Å². The Morgan fingerprint density at radius 1 is 1.12 bits per heavy atom. The minimum Gasteiger partial charge on any atom is -0.338 e. The van der Waals surface area contributed by atoms with Gasteiger partial charge in [0.05, 0.1) is 11.3 Å². The minimum atomic E-state index is 0.158. The molecule has 3 aromatic rings. The lowest BCUT2D eigenvalue weighted by Crippen LogP contribution is -2.33. The molecule has 1 saturated heterocycles. The van der Waals surface area contributed by atoms with Crippen molar-refractivity contribution in [2.45, 2.75) is 17.1 Å². The van der Waals surface area contributed by atoms with E-state index in [-0.39, 0.29) is 5.91 Å². The van der Waals surface area contributed by atoms with Crippen LogP contribution in [0.2, 0.25) is 0 Å². The molecule has 1 amide bonds. The van der Waals surface area contributed by atoms with Gasteiger partial charge in [0, 0.05) is 41.9 Å². The van der Waals surface area contributed by atoms with Crippen LogP contribution in [0.25, 0.3) is 5.65 Å². The molecular formula is C20H21N3OS2. The fourth-order valence-electron chi connectivity index (χ4n) is 3.10. The van der Waals surface area contributed by atoms with Crippen LogP contribution in [-0.2, 0) is 5.75 Å². The zero-order valence-corrected chi connectivity index (χ0v) is 16.1. The van der Waals surface area contributed by atoms with Crippen LogP contribution in [0.4, 0.5) is 0 Å². The second kappa shape index (κ2) is 8.18. The van der Waals surface area contributed by atoms with Crippen molar-refractivity contribution in [2.75, 3.05) is 24.6 Å². The second-order valence-electron chi connectivity index (χ2n) is 6.24. The van der Waals surface area contributed by atoms with Crippen LogP contribution < -0.4 is 0 Å². The standard InChI is InChI=1S/C20H21N3OS2/c24-20(22-10-5-12-25-13-11-22)17-6-1-2-7-18(17)26-15-16-14-23-9-4-3-8-19(23)21-16/h1-4,6-9,14H,5,10-13,15H2. The van der Waals surface area contributed by atoms with Gasteiger partial charge in [0.2, 0.25) is 0 Å². The summed E-state index contributed by atoms with van der Waals surface area (Å²) in [6.07, 6.45) is 5.14. The van der Waals surface area contributed by atoms with Crippen molar-refractivity contribution in [3.05, 3.63) is 66.1 Å². The Balaban J connectivity index is 1.50. The monoisotopic (exact) mass is 383 g/mol. The molecule has 1 aromatic carbocycles. The molecule has 0 atom stereocenters. The highest BCUT2D eigenvalue weighted by molar-refractivity contribution is 7.99. The van der Waals surface area contributed by atoms with Gasteiger partial charge in [-0.15, -0.1) is 11.8 Å². The molecule has 0 radical (unpaired) electrons. The summed E-state index contributed by atoms with van der Waals surface area (Å²) < 4.78 is 2.03. The summed E-state index contributed by atoms with van der Waals surface area (Å²) in [6.45, 7) is 1.70. The summed E-state index contributed by atoms with van der Waals surface area (Å²) >= 11 is 3.62. The van der Waals surface area contributed by atoms with Crippen molar-refractivity contribution in [1.82, 2.24) is 14.3 Å². The van der Waals surface area contributed by atoms with E-state index < -0.39 is 0 Å². The van der Waals surface area contributed by atoms with Gasteiger partial charge >= 0.3 is 0 Å². The molecule has 0 unspecified atom stereocenters. The highest BCUT2D eigenvalue weighted by Crippen LogP contribution is 2.27. The molecule has 3 heterocycles. The van der Waals surface area contributed by atoms with Crippen LogP contribution in [0.5, 0.6) is 0 Å². The van der Waals surface area contributed by atoms with E-state index in [0.29, 0.717) is 0 Å². The van der Waals surface area contributed by atoms with E-state index >= 15 is 0 Å². The summed E-state index contributed by atoms with van der Waals surface area (Å²) in [5.74, 6) is 3.09. The fraction of sp³-hybridized carbons (Fsp3) is 0.300. The van der Waals surface area contributed by atoms with Gasteiger partial charge in [-0.1, -0.05) is 18.2 Å². The van der Waals surface area contributed by atoms with Gasteiger partial charge in [-0.25, -0.2) is 4.98 Å². The highest BCUT2D eigenvalue weighted by Gasteiger charge is 2.20. The number of hydrogen-bond acceptors (Lipinski definition) is 4. The van der Waals surface area contributed by atoms with Crippen LogP contribution >= 0.6 is 23.5 Å². The molecule has 6 heteroatoms. The molecule has 4 nitrogen and oxygen atoms in total. The van der Waals surface area contributed by atoms with Crippen LogP contribution in [0, 0.1) is 0 Å². The molecule has 4 rings (SSSR count). The van der Waals surface area contributed by atoms with E-state index in [4.69, 9.17) is 0 Å². The average Bonchev–Trinajstić information content (AvgIpc) is 2.90. The summed E-state index contributed by atoms with van der Waals surface area (Å²) in [7, 11) is 0. The molecule has 0 spiro atoms. The Morgan fingerprint density at radius 2 is 2.00 bits per heavy atom. The number of carbonyl (C=O) groups excluding carboxylic acids is 1. The van der Waals surface area contributed by atoms with Crippen molar-refractivity contribution < 1.29 is 4.79 Å². The summed E-state index contributed by atoms with van der Waals surface area (Å²) in [5.41, 5.74) is 2.79. The third-order valence-electron chi connectivity index (χ3n) is 4.42. The van der Waals surface area contributed by atoms with E-state index in [2.05, 4.69) is 11.2 Å². The molecule has 0 bridgehead atoms. The van der Waals surface area contributed by atoms with Gasteiger partial charge < -0.3 is 9.30 Å².